The number of aliphatic hydroxyl groups excluding tert-OH is 1. The van der Waals surface area contributed by atoms with Crippen LogP contribution in [0.2, 0.25) is 0 Å². The van der Waals surface area contributed by atoms with Crippen LogP contribution in [-0.4, -0.2) is 30.6 Å². The van der Waals surface area contributed by atoms with Crippen LogP contribution in [0.25, 0.3) is 0 Å². The third kappa shape index (κ3) is 3.60. The highest BCUT2D eigenvalue weighted by atomic mass is 79.9. The van der Waals surface area contributed by atoms with Gasteiger partial charge >= 0.3 is 6.18 Å². The fourth-order valence-corrected chi connectivity index (χ4v) is 1.99. The zero-order valence-electron chi connectivity index (χ0n) is 9.92. The summed E-state index contributed by atoms with van der Waals surface area (Å²) in [5.41, 5.74) is 4.25. The predicted octanol–water partition coefficient (Wildman–Crippen LogP) is 2.65. The van der Waals surface area contributed by atoms with Gasteiger partial charge in [-0.15, -0.1) is 0 Å². The monoisotopic (exact) mass is 326 g/mol. The average molecular weight is 327 g/mol. The van der Waals surface area contributed by atoms with Crippen LogP contribution < -0.4 is 5.73 Å². The van der Waals surface area contributed by atoms with E-state index in [9.17, 15) is 18.3 Å². The molecule has 102 valence electrons. The summed E-state index contributed by atoms with van der Waals surface area (Å²) >= 11 is 2.97. The van der Waals surface area contributed by atoms with Crippen LogP contribution in [-0.2, 0) is 6.18 Å². The molecule has 3 nitrogen and oxygen atoms in total. The lowest BCUT2D eigenvalue weighted by Crippen LogP contribution is -2.21. The second-order valence-electron chi connectivity index (χ2n) is 4.24. The van der Waals surface area contributed by atoms with Crippen LogP contribution in [0.1, 0.15) is 17.2 Å². The van der Waals surface area contributed by atoms with Gasteiger partial charge in [0.2, 0.25) is 0 Å². The van der Waals surface area contributed by atoms with Crippen molar-refractivity contribution in [3.8, 4) is 0 Å². The molecule has 18 heavy (non-hydrogen) atoms. The summed E-state index contributed by atoms with van der Waals surface area (Å²) in [6.45, 7) is 0.230. The maximum Gasteiger partial charge on any atom is 0.418 e. The van der Waals surface area contributed by atoms with Crippen molar-refractivity contribution < 1.29 is 18.3 Å². The molecule has 0 spiro atoms. The lowest BCUT2D eigenvalue weighted by atomic mass is 10.0. The average Bonchev–Trinajstić information content (AvgIpc) is 2.18. The molecule has 0 fully saturated rings. The molecule has 0 heterocycles. The Hall–Kier alpha value is -0.790. The van der Waals surface area contributed by atoms with E-state index in [4.69, 9.17) is 5.73 Å². The van der Waals surface area contributed by atoms with E-state index in [0.29, 0.717) is 0 Å². The SMILES string of the molecule is CN(C)CC(O)c1cc(Br)c(N)c(C(F)(F)F)c1. The molecule has 1 rings (SSSR count). The number of hydrogen-bond donors (Lipinski definition) is 2. The van der Waals surface area contributed by atoms with Crippen LogP contribution >= 0.6 is 15.9 Å². The molecule has 3 N–H and O–H groups in total. The van der Waals surface area contributed by atoms with Crippen molar-refractivity contribution >= 4 is 21.6 Å². The Kier molecular flexibility index (Phi) is 4.63. The van der Waals surface area contributed by atoms with Crippen molar-refractivity contribution in [2.45, 2.75) is 12.3 Å². The highest BCUT2D eigenvalue weighted by Crippen LogP contribution is 2.39. The minimum Gasteiger partial charge on any atom is -0.397 e. The number of anilines is 1. The van der Waals surface area contributed by atoms with E-state index in [-0.39, 0.29) is 22.3 Å². The molecule has 0 amide bonds. The lowest BCUT2D eigenvalue weighted by Gasteiger charge is -2.19. The maximum absolute atomic E-state index is 12.7. The van der Waals surface area contributed by atoms with E-state index >= 15 is 0 Å². The van der Waals surface area contributed by atoms with E-state index in [2.05, 4.69) is 15.9 Å². The third-order valence-electron chi connectivity index (χ3n) is 2.38. The standard InChI is InChI=1S/C11H14BrF3N2O/c1-17(2)5-9(18)6-3-7(11(13,14)15)10(16)8(12)4-6/h3-4,9,18H,5,16H2,1-2H3. The van der Waals surface area contributed by atoms with Crippen LogP contribution in [0, 0.1) is 0 Å². The quantitative estimate of drug-likeness (QED) is 0.839. The molecule has 0 aliphatic heterocycles. The van der Waals surface area contributed by atoms with Gasteiger partial charge in [0.25, 0.3) is 0 Å². The van der Waals surface area contributed by atoms with Gasteiger partial charge in [-0.2, -0.15) is 13.2 Å². The number of nitrogens with two attached hydrogens (primary N) is 1. The van der Waals surface area contributed by atoms with Crippen molar-refractivity contribution in [3.63, 3.8) is 0 Å². The van der Waals surface area contributed by atoms with Gasteiger partial charge in [-0.1, -0.05) is 0 Å². The van der Waals surface area contributed by atoms with Crippen molar-refractivity contribution in [2.24, 2.45) is 0 Å². The fraction of sp³-hybridized carbons (Fsp3) is 0.455. The Bertz CT molecular complexity index is 435. The molecule has 0 bridgehead atoms. The smallest absolute Gasteiger partial charge is 0.397 e. The minimum atomic E-state index is -4.54. The van der Waals surface area contributed by atoms with Gasteiger partial charge in [-0.25, -0.2) is 0 Å². The van der Waals surface area contributed by atoms with Crippen LogP contribution in [0.3, 0.4) is 0 Å². The number of nitrogen functional groups attached to an aromatic ring is 1. The molecular formula is C11H14BrF3N2O. The first-order chi connectivity index (χ1) is 8.12. The van der Waals surface area contributed by atoms with Gasteiger partial charge in [0.05, 0.1) is 17.4 Å². The van der Waals surface area contributed by atoms with Crippen molar-refractivity contribution in [1.82, 2.24) is 4.90 Å². The number of benzene rings is 1. The normalized spacial score (nSPS) is 14.0. The van der Waals surface area contributed by atoms with Crippen molar-refractivity contribution in [3.05, 3.63) is 27.7 Å². The number of aliphatic hydroxyl groups is 1. The Morgan fingerprint density at radius 2 is 1.94 bits per heavy atom. The Morgan fingerprint density at radius 3 is 2.39 bits per heavy atom. The van der Waals surface area contributed by atoms with Gasteiger partial charge in [-0.3, -0.25) is 0 Å². The van der Waals surface area contributed by atoms with Crippen LogP contribution in [0.5, 0.6) is 0 Å². The molecule has 0 aliphatic carbocycles. The van der Waals surface area contributed by atoms with E-state index in [1.807, 2.05) is 0 Å². The van der Waals surface area contributed by atoms with Gasteiger partial charge in [0.15, 0.2) is 0 Å². The van der Waals surface area contributed by atoms with Gasteiger partial charge < -0.3 is 15.7 Å². The zero-order chi connectivity index (χ0) is 14.1. The van der Waals surface area contributed by atoms with Gasteiger partial charge in [0.1, 0.15) is 0 Å². The Balaban J connectivity index is 3.20. The molecular weight excluding hydrogens is 313 g/mol. The van der Waals surface area contributed by atoms with E-state index < -0.39 is 17.8 Å². The largest absolute Gasteiger partial charge is 0.418 e. The van der Waals surface area contributed by atoms with E-state index in [1.54, 1.807) is 19.0 Å². The maximum atomic E-state index is 12.7. The highest BCUT2D eigenvalue weighted by molar-refractivity contribution is 9.10. The summed E-state index contributed by atoms with van der Waals surface area (Å²) in [7, 11) is 3.44. The van der Waals surface area contributed by atoms with Gasteiger partial charge in [0, 0.05) is 11.0 Å². The summed E-state index contributed by atoms with van der Waals surface area (Å²) in [5, 5.41) is 9.83. The Morgan fingerprint density at radius 1 is 1.39 bits per heavy atom. The molecule has 0 aliphatic rings. The van der Waals surface area contributed by atoms with E-state index in [0.717, 1.165) is 6.07 Å². The Labute approximate surface area is 112 Å². The van der Waals surface area contributed by atoms with Crippen LogP contribution in [0.4, 0.5) is 18.9 Å². The molecule has 7 heteroatoms. The second-order valence-corrected chi connectivity index (χ2v) is 5.09. The highest BCUT2D eigenvalue weighted by Gasteiger charge is 2.34. The molecule has 0 saturated carbocycles. The molecule has 0 aromatic heterocycles. The van der Waals surface area contributed by atoms with Gasteiger partial charge in [-0.05, 0) is 47.7 Å². The molecule has 0 radical (unpaired) electrons. The summed E-state index contributed by atoms with van der Waals surface area (Å²) in [6.07, 6.45) is -5.54. The summed E-state index contributed by atoms with van der Waals surface area (Å²) in [6, 6.07) is 2.28. The van der Waals surface area contributed by atoms with Crippen molar-refractivity contribution in [1.29, 1.82) is 0 Å². The summed E-state index contributed by atoms with van der Waals surface area (Å²) in [4.78, 5) is 1.68. The first-order valence-electron chi connectivity index (χ1n) is 5.12. The number of rotatable bonds is 3. The van der Waals surface area contributed by atoms with Crippen molar-refractivity contribution in [2.75, 3.05) is 26.4 Å². The summed E-state index contributed by atoms with van der Waals surface area (Å²) < 4.78 is 38.4. The summed E-state index contributed by atoms with van der Waals surface area (Å²) in [5.74, 6) is 0. The van der Waals surface area contributed by atoms with Crippen LogP contribution in [0.15, 0.2) is 16.6 Å². The minimum absolute atomic E-state index is 0.130. The molecule has 1 aromatic rings. The number of hydrogen-bond acceptors (Lipinski definition) is 3. The molecule has 1 atom stereocenters. The third-order valence-corrected chi connectivity index (χ3v) is 3.04. The number of likely N-dealkylation sites (N-methyl/N-ethyl adjacent to an activating group) is 1. The first kappa shape index (κ1) is 15.3. The second kappa shape index (κ2) is 5.46. The molecule has 0 saturated heterocycles. The van der Waals surface area contributed by atoms with E-state index in [1.165, 1.54) is 6.07 Å². The first-order valence-corrected chi connectivity index (χ1v) is 5.91. The predicted molar refractivity (Wildman–Crippen MR) is 67.1 cm³/mol. The zero-order valence-corrected chi connectivity index (χ0v) is 11.5. The topological polar surface area (TPSA) is 49.5 Å². The number of halogens is 4. The number of alkyl halides is 3. The molecule has 1 aromatic carbocycles. The fourth-order valence-electron chi connectivity index (χ4n) is 1.52. The molecule has 1 unspecified atom stereocenters. The number of nitrogens with zero attached hydrogens (tertiary/aromatic N) is 1. The lowest BCUT2D eigenvalue weighted by molar-refractivity contribution is -0.137.